The van der Waals surface area contributed by atoms with Crippen LogP contribution in [0.1, 0.15) is 10.5 Å². The molecule has 0 fully saturated rings. The van der Waals surface area contributed by atoms with Crippen LogP contribution in [0.3, 0.4) is 0 Å². The van der Waals surface area contributed by atoms with Crippen LogP contribution < -0.4 is 4.74 Å². The fourth-order valence-electron chi connectivity index (χ4n) is 2.20. The normalized spacial score (nSPS) is 11.8. The summed E-state index contributed by atoms with van der Waals surface area (Å²) in [7, 11) is 0. The van der Waals surface area contributed by atoms with Crippen LogP contribution in [-0.4, -0.2) is 38.7 Å². The first-order valence-corrected chi connectivity index (χ1v) is 7.77. The summed E-state index contributed by atoms with van der Waals surface area (Å²) in [5, 5.41) is 18.3. The van der Waals surface area contributed by atoms with Gasteiger partial charge >= 0.3 is 0 Å². The van der Waals surface area contributed by atoms with Crippen LogP contribution >= 0.6 is 0 Å². The van der Waals surface area contributed by atoms with E-state index in [0.717, 1.165) is 0 Å². The maximum Gasteiger partial charge on any atom is 0.212 e. The Morgan fingerprint density at radius 3 is 2.27 bits per heavy atom. The maximum atomic E-state index is 12.9. The molecule has 0 radical (unpaired) electrons. The summed E-state index contributed by atoms with van der Waals surface area (Å²) in [6.45, 7) is -0.673. The van der Waals surface area contributed by atoms with Gasteiger partial charge in [-0.15, -0.1) is 0 Å². The van der Waals surface area contributed by atoms with E-state index in [2.05, 4.69) is 9.97 Å². The Kier molecular flexibility index (Phi) is 5.31. The van der Waals surface area contributed by atoms with Gasteiger partial charge in [0.15, 0.2) is 5.82 Å². The average Bonchev–Trinajstić information content (AvgIpc) is 2.69. The summed E-state index contributed by atoms with van der Waals surface area (Å²) in [4.78, 5) is 20.1. The van der Waals surface area contributed by atoms with Crippen molar-refractivity contribution in [3.05, 3.63) is 72.3 Å². The second kappa shape index (κ2) is 7.81. The number of ketones is 1. The molecule has 2 aromatic carbocycles. The highest BCUT2D eigenvalue weighted by Crippen LogP contribution is 2.24. The van der Waals surface area contributed by atoms with Gasteiger partial charge in [-0.05, 0) is 54.6 Å². The number of carbonyl (C=O) groups is 1. The maximum absolute atomic E-state index is 12.9. The number of aromatic nitrogens is 2. The van der Waals surface area contributed by atoms with Gasteiger partial charge in [-0.2, -0.15) is 0 Å². The van der Waals surface area contributed by atoms with Gasteiger partial charge in [0.25, 0.3) is 0 Å². The number of carbonyl (C=O) groups excluding carboxylic acids is 1. The number of ether oxygens (including phenoxy) is 1. The molecular weight excluding hydrogens is 339 g/mol. The fraction of sp³-hybridized carbons (Fsp3) is 0.105. The lowest BCUT2D eigenvalue weighted by atomic mass is 10.1. The SMILES string of the molecule is O=C(c1ccnc(-c2ccc(Oc3ccc(F)cc3)cc2)n1)[C@H](O)CO. The van der Waals surface area contributed by atoms with Crippen LogP contribution in [0.15, 0.2) is 60.8 Å². The predicted molar refractivity (Wildman–Crippen MR) is 91.4 cm³/mol. The van der Waals surface area contributed by atoms with Crippen LogP contribution in [0.25, 0.3) is 11.4 Å². The van der Waals surface area contributed by atoms with Crippen molar-refractivity contribution in [3.8, 4) is 22.9 Å². The standard InChI is InChI=1S/C19H15FN2O4/c20-13-3-7-15(8-4-13)26-14-5-1-12(2-6-14)19-21-10-9-16(22-19)18(25)17(24)11-23/h1-10,17,23-24H,11H2/t17-/m1/s1. The van der Waals surface area contributed by atoms with Gasteiger partial charge in [0.05, 0.1) is 6.61 Å². The molecule has 0 aliphatic carbocycles. The summed E-state index contributed by atoms with van der Waals surface area (Å²) in [5.74, 6) is 0.330. The molecule has 132 valence electrons. The zero-order valence-electron chi connectivity index (χ0n) is 13.5. The Labute approximate surface area is 148 Å². The number of hydrogen-bond acceptors (Lipinski definition) is 6. The lowest BCUT2D eigenvalue weighted by Gasteiger charge is -2.08. The molecule has 1 aromatic heterocycles. The van der Waals surface area contributed by atoms with E-state index in [4.69, 9.17) is 9.84 Å². The average molecular weight is 354 g/mol. The number of hydrogen-bond donors (Lipinski definition) is 2. The molecule has 0 bridgehead atoms. The topological polar surface area (TPSA) is 92.5 Å². The first-order chi connectivity index (χ1) is 12.6. The minimum absolute atomic E-state index is 0.0168. The van der Waals surface area contributed by atoms with E-state index in [1.807, 2.05) is 0 Å². The predicted octanol–water partition coefficient (Wildman–Crippen LogP) is 2.61. The van der Waals surface area contributed by atoms with Crippen LogP contribution in [0.4, 0.5) is 4.39 Å². The third-order valence-electron chi connectivity index (χ3n) is 3.55. The molecule has 7 heteroatoms. The zero-order chi connectivity index (χ0) is 18.5. The van der Waals surface area contributed by atoms with Gasteiger partial charge in [-0.25, -0.2) is 14.4 Å². The number of rotatable bonds is 6. The highest BCUT2D eigenvalue weighted by molar-refractivity contribution is 5.97. The van der Waals surface area contributed by atoms with E-state index in [0.29, 0.717) is 22.9 Å². The molecule has 0 saturated carbocycles. The first-order valence-electron chi connectivity index (χ1n) is 7.77. The Balaban J connectivity index is 1.78. The van der Waals surface area contributed by atoms with Crippen LogP contribution in [0.5, 0.6) is 11.5 Å². The largest absolute Gasteiger partial charge is 0.457 e. The minimum atomic E-state index is -1.51. The van der Waals surface area contributed by atoms with E-state index in [1.165, 1.54) is 36.5 Å². The molecule has 1 atom stereocenters. The van der Waals surface area contributed by atoms with Crippen molar-refractivity contribution in [2.24, 2.45) is 0 Å². The monoisotopic (exact) mass is 354 g/mol. The lowest BCUT2D eigenvalue weighted by Crippen LogP contribution is -2.25. The molecule has 6 nitrogen and oxygen atoms in total. The minimum Gasteiger partial charge on any atom is -0.457 e. The van der Waals surface area contributed by atoms with E-state index in [-0.39, 0.29) is 11.5 Å². The summed E-state index contributed by atoms with van der Waals surface area (Å²) in [6.07, 6.45) is -0.105. The summed E-state index contributed by atoms with van der Waals surface area (Å²) < 4.78 is 18.5. The van der Waals surface area contributed by atoms with Crippen molar-refractivity contribution >= 4 is 5.78 Å². The number of aliphatic hydroxyl groups excluding tert-OH is 2. The Morgan fingerprint density at radius 1 is 1.04 bits per heavy atom. The summed E-state index contributed by atoms with van der Waals surface area (Å²) in [6, 6.07) is 13.8. The highest BCUT2D eigenvalue weighted by atomic mass is 19.1. The number of Topliss-reactive ketones (excluding diaryl/α,β-unsaturated/α-hetero) is 1. The molecule has 0 aliphatic heterocycles. The summed E-state index contributed by atoms with van der Waals surface area (Å²) in [5.41, 5.74) is 0.660. The van der Waals surface area contributed by atoms with Gasteiger partial charge in [0.2, 0.25) is 5.78 Å². The van der Waals surface area contributed by atoms with Crippen LogP contribution in [-0.2, 0) is 0 Å². The van der Waals surface area contributed by atoms with Crippen molar-refractivity contribution in [3.63, 3.8) is 0 Å². The number of nitrogens with zero attached hydrogens (tertiary/aromatic N) is 2. The van der Waals surface area contributed by atoms with Crippen molar-refractivity contribution in [2.45, 2.75) is 6.10 Å². The molecule has 0 spiro atoms. The molecule has 1 heterocycles. The van der Waals surface area contributed by atoms with E-state index in [9.17, 15) is 14.3 Å². The summed E-state index contributed by atoms with van der Waals surface area (Å²) >= 11 is 0. The number of benzene rings is 2. The number of aliphatic hydroxyl groups is 2. The molecule has 0 unspecified atom stereocenters. The van der Waals surface area contributed by atoms with Gasteiger partial charge in [0.1, 0.15) is 29.1 Å². The Hall–Kier alpha value is -3.16. The van der Waals surface area contributed by atoms with E-state index >= 15 is 0 Å². The second-order valence-electron chi connectivity index (χ2n) is 5.41. The molecule has 3 rings (SSSR count). The van der Waals surface area contributed by atoms with Crippen LogP contribution in [0.2, 0.25) is 0 Å². The first kappa shape index (κ1) is 17.7. The fourth-order valence-corrected chi connectivity index (χ4v) is 2.20. The van der Waals surface area contributed by atoms with Crippen molar-refractivity contribution in [1.29, 1.82) is 0 Å². The third-order valence-corrected chi connectivity index (χ3v) is 3.55. The zero-order valence-corrected chi connectivity index (χ0v) is 13.5. The van der Waals surface area contributed by atoms with E-state index in [1.54, 1.807) is 24.3 Å². The smallest absolute Gasteiger partial charge is 0.212 e. The molecule has 2 N–H and O–H groups in total. The van der Waals surface area contributed by atoms with Crippen molar-refractivity contribution in [2.75, 3.05) is 6.61 Å². The second-order valence-corrected chi connectivity index (χ2v) is 5.41. The molecule has 26 heavy (non-hydrogen) atoms. The van der Waals surface area contributed by atoms with Gasteiger partial charge in [0, 0.05) is 11.8 Å². The van der Waals surface area contributed by atoms with Gasteiger partial charge in [-0.1, -0.05) is 0 Å². The number of halogens is 1. The van der Waals surface area contributed by atoms with E-state index < -0.39 is 18.5 Å². The lowest BCUT2D eigenvalue weighted by molar-refractivity contribution is 0.0582. The Morgan fingerprint density at radius 2 is 1.65 bits per heavy atom. The molecular formula is C19H15FN2O4. The third kappa shape index (κ3) is 4.08. The van der Waals surface area contributed by atoms with Crippen LogP contribution in [0, 0.1) is 5.82 Å². The Bertz CT molecular complexity index is 898. The molecule has 0 amide bonds. The highest BCUT2D eigenvalue weighted by Gasteiger charge is 2.18. The quantitative estimate of drug-likeness (QED) is 0.661. The molecule has 3 aromatic rings. The van der Waals surface area contributed by atoms with Crippen molar-refractivity contribution < 1.29 is 24.1 Å². The van der Waals surface area contributed by atoms with Gasteiger partial charge < -0.3 is 14.9 Å². The van der Waals surface area contributed by atoms with Gasteiger partial charge in [-0.3, -0.25) is 4.79 Å². The van der Waals surface area contributed by atoms with Crippen molar-refractivity contribution in [1.82, 2.24) is 9.97 Å². The molecule has 0 saturated heterocycles. The molecule has 0 aliphatic rings.